The van der Waals surface area contributed by atoms with E-state index in [0.29, 0.717) is 29.6 Å². The van der Waals surface area contributed by atoms with Crippen LogP contribution in [0.2, 0.25) is 5.02 Å². The van der Waals surface area contributed by atoms with Gasteiger partial charge in [0.2, 0.25) is 0 Å². The zero-order valence-electron chi connectivity index (χ0n) is 17.6. The second kappa shape index (κ2) is 8.28. The lowest BCUT2D eigenvalue weighted by Gasteiger charge is -2.12. The Morgan fingerprint density at radius 1 is 1.12 bits per heavy atom. The van der Waals surface area contributed by atoms with E-state index in [1.54, 1.807) is 23.9 Å². The highest BCUT2D eigenvalue weighted by Gasteiger charge is 2.47. The molecule has 1 N–H and O–H groups in total. The smallest absolute Gasteiger partial charge is 0.188 e. The summed E-state index contributed by atoms with van der Waals surface area (Å²) in [4.78, 5) is 17.9. The second-order valence-corrected chi connectivity index (χ2v) is 9.64. The van der Waals surface area contributed by atoms with Crippen LogP contribution in [0.15, 0.2) is 59.3 Å². The molecule has 0 unspecified atom stereocenters. The molecule has 7 nitrogen and oxygen atoms in total. The molecule has 0 saturated heterocycles. The Labute approximate surface area is 199 Å². The molecular weight excluding hydrogens is 458 g/mol. The number of hydrogen-bond donors (Lipinski definition) is 1. The summed E-state index contributed by atoms with van der Waals surface area (Å²) in [5.74, 6) is 2.14. The number of aliphatic imine (C=N–C) groups is 1. The first-order valence-electron chi connectivity index (χ1n) is 10.7. The van der Waals surface area contributed by atoms with E-state index in [4.69, 9.17) is 26.1 Å². The van der Waals surface area contributed by atoms with Crippen LogP contribution in [-0.4, -0.2) is 33.0 Å². The molecular formula is C24H20ClN5O2S. The number of hydrogen-bond acceptors (Lipinski definition) is 8. The van der Waals surface area contributed by atoms with Gasteiger partial charge in [0, 0.05) is 29.1 Å². The van der Waals surface area contributed by atoms with Gasteiger partial charge < -0.3 is 14.8 Å². The first-order valence-corrected chi connectivity index (χ1v) is 11.9. The monoisotopic (exact) mass is 477 g/mol. The Hall–Kier alpha value is -3.23. The highest BCUT2D eigenvalue weighted by Crippen LogP contribution is 2.43. The highest BCUT2D eigenvalue weighted by atomic mass is 35.5. The van der Waals surface area contributed by atoms with Crippen molar-refractivity contribution in [2.45, 2.75) is 31.4 Å². The molecule has 0 amide bonds. The first kappa shape index (κ1) is 20.4. The lowest BCUT2D eigenvalue weighted by molar-refractivity contribution is 0.305. The normalized spacial score (nSPS) is 16.0. The van der Waals surface area contributed by atoms with Gasteiger partial charge in [-0.1, -0.05) is 17.7 Å². The van der Waals surface area contributed by atoms with Crippen LogP contribution in [-0.2, 0) is 17.8 Å². The fraction of sp³-hybridized carbons (Fsp3) is 0.250. The van der Waals surface area contributed by atoms with Gasteiger partial charge in [-0.3, -0.25) is 0 Å². The van der Waals surface area contributed by atoms with Crippen molar-refractivity contribution < 1.29 is 9.47 Å². The van der Waals surface area contributed by atoms with Crippen LogP contribution in [0, 0.1) is 0 Å². The molecule has 1 fully saturated rings. The summed E-state index contributed by atoms with van der Waals surface area (Å²) >= 11 is 8.01. The summed E-state index contributed by atoms with van der Waals surface area (Å²) in [7, 11) is 0. The number of aromatic nitrogens is 3. The van der Waals surface area contributed by atoms with Crippen molar-refractivity contribution >= 4 is 51.2 Å². The van der Waals surface area contributed by atoms with E-state index in [2.05, 4.69) is 32.4 Å². The van der Waals surface area contributed by atoms with Crippen molar-refractivity contribution in [3.63, 3.8) is 0 Å². The van der Waals surface area contributed by atoms with Crippen molar-refractivity contribution in [3.05, 3.63) is 69.9 Å². The lowest BCUT2D eigenvalue weighted by Crippen LogP contribution is -2.06. The van der Waals surface area contributed by atoms with Gasteiger partial charge in [-0.25, -0.2) is 19.9 Å². The minimum Gasteiger partial charge on any atom is -0.485 e. The fourth-order valence-corrected chi connectivity index (χ4v) is 4.58. The van der Waals surface area contributed by atoms with Crippen LogP contribution in [0.3, 0.4) is 0 Å². The molecule has 9 heteroatoms. The molecule has 0 atom stereocenters. The molecule has 3 heterocycles. The van der Waals surface area contributed by atoms with Crippen molar-refractivity contribution in [1.29, 1.82) is 0 Å². The third-order valence-corrected chi connectivity index (χ3v) is 6.83. The van der Waals surface area contributed by atoms with E-state index in [1.807, 2.05) is 29.6 Å². The standard InChI is InChI=1S/C24H20ClN5O2S/c25-18-11-16(2-4-20(18)31-12-22-26-7-8-33-22)29-23-17-9-15(1-3-19(17)27-14-28-23)10-21-30-24(5-6-24)13-32-21/h1-4,7-9,11,14H,5-6,10,12-13H2,(H,27,28,29). The number of nitrogens with zero attached hydrogens (tertiary/aromatic N) is 4. The SMILES string of the molecule is Clc1cc(Nc2ncnc3ccc(CC4=NC5(CC5)CO4)cc23)ccc1OCc1nccs1. The lowest BCUT2D eigenvalue weighted by atomic mass is 10.1. The molecule has 166 valence electrons. The molecule has 1 aliphatic heterocycles. The van der Waals surface area contributed by atoms with Crippen molar-refractivity contribution in [2.24, 2.45) is 4.99 Å². The number of ether oxygens (including phenoxy) is 2. The number of rotatable bonds is 7. The minimum absolute atomic E-state index is 0.0808. The number of thiazole rings is 1. The average Bonchev–Trinajstić information content (AvgIpc) is 3.18. The highest BCUT2D eigenvalue weighted by molar-refractivity contribution is 7.09. The molecule has 2 aliphatic rings. The van der Waals surface area contributed by atoms with E-state index >= 15 is 0 Å². The van der Waals surface area contributed by atoms with Crippen LogP contribution in [0.4, 0.5) is 11.5 Å². The predicted octanol–water partition coefficient (Wildman–Crippen LogP) is 5.57. The van der Waals surface area contributed by atoms with E-state index < -0.39 is 0 Å². The van der Waals surface area contributed by atoms with Gasteiger partial charge in [-0.15, -0.1) is 11.3 Å². The van der Waals surface area contributed by atoms with Crippen molar-refractivity contribution in [3.8, 4) is 5.75 Å². The number of fused-ring (bicyclic) bond motifs is 1. The number of nitrogens with one attached hydrogen (secondary N) is 1. The van der Waals surface area contributed by atoms with Crippen molar-refractivity contribution in [2.75, 3.05) is 11.9 Å². The Kier molecular flexibility index (Phi) is 5.11. The molecule has 2 aromatic carbocycles. The Bertz CT molecular complexity index is 1350. The molecule has 1 aliphatic carbocycles. The molecule has 0 bridgehead atoms. The van der Waals surface area contributed by atoms with Crippen LogP contribution in [0.25, 0.3) is 10.9 Å². The van der Waals surface area contributed by atoms with Gasteiger partial charge in [0.15, 0.2) is 5.90 Å². The van der Waals surface area contributed by atoms with Crippen molar-refractivity contribution in [1.82, 2.24) is 15.0 Å². The van der Waals surface area contributed by atoms with Crippen LogP contribution in [0.5, 0.6) is 5.75 Å². The zero-order valence-corrected chi connectivity index (χ0v) is 19.2. The largest absolute Gasteiger partial charge is 0.485 e. The van der Waals surface area contributed by atoms with E-state index in [9.17, 15) is 0 Å². The van der Waals surface area contributed by atoms with Crippen LogP contribution < -0.4 is 10.1 Å². The molecule has 33 heavy (non-hydrogen) atoms. The molecule has 1 spiro atoms. The summed E-state index contributed by atoms with van der Waals surface area (Å²) in [6, 6.07) is 11.7. The van der Waals surface area contributed by atoms with E-state index in [1.165, 1.54) is 0 Å². The minimum atomic E-state index is 0.0808. The first-order chi connectivity index (χ1) is 16.2. The summed E-state index contributed by atoms with van der Waals surface area (Å²) in [5.41, 5.74) is 2.86. The van der Waals surface area contributed by atoms with Gasteiger partial charge in [0.05, 0.1) is 16.1 Å². The number of anilines is 2. The summed E-state index contributed by atoms with van der Waals surface area (Å²) < 4.78 is 11.6. The Morgan fingerprint density at radius 3 is 2.85 bits per heavy atom. The fourth-order valence-electron chi connectivity index (χ4n) is 3.82. The third-order valence-electron chi connectivity index (χ3n) is 5.78. The summed E-state index contributed by atoms with van der Waals surface area (Å²) in [6.45, 7) is 1.11. The van der Waals surface area contributed by atoms with Gasteiger partial charge in [-0.05, 0) is 48.7 Å². The summed E-state index contributed by atoms with van der Waals surface area (Å²) in [5, 5.41) is 7.63. The van der Waals surface area contributed by atoms with Crippen LogP contribution in [0.1, 0.15) is 23.4 Å². The maximum absolute atomic E-state index is 6.46. The zero-order chi connectivity index (χ0) is 22.3. The Morgan fingerprint density at radius 2 is 2.06 bits per heavy atom. The van der Waals surface area contributed by atoms with Gasteiger partial charge >= 0.3 is 0 Å². The van der Waals surface area contributed by atoms with Gasteiger partial charge in [0.25, 0.3) is 0 Å². The Balaban J connectivity index is 1.21. The summed E-state index contributed by atoms with van der Waals surface area (Å²) in [6.07, 6.45) is 6.25. The molecule has 6 rings (SSSR count). The van der Waals surface area contributed by atoms with E-state index in [-0.39, 0.29) is 5.54 Å². The average molecular weight is 478 g/mol. The maximum Gasteiger partial charge on any atom is 0.188 e. The van der Waals surface area contributed by atoms with Crippen LogP contribution >= 0.6 is 22.9 Å². The molecule has 1 saturated carbocycles. The maximum atomic E-state index is 6.46. The number of halogens is 1. The van der Waals surface area contributed by atoms with Gasteiger partial charge in [-0.2, -0.15) is 0 Å². The van der Waals surface area contributed by atoms with Gasteiger partial charge in [0.1, 0.15) is 36.1 Å². The molecule has 0 radical (unpaired) electrons. The topological polar surface area (TPSA) is 81.5 Å². The number of benzene rings is 2. The third kappa shape index (κ3) is 4.36. The molecule has 4 aromatic rings. The second-order valence-electron chi connectivity index (χ2n) is 8.25. The predicted molar refractivity (Wildman–Crippen MR) is 130 cm³/mol. The molecule has 2 aromatic heterocycles. The van der Waals surface area contributed by atoms with E-state index in [0.717, 1.165) is 52.5 Å². The quantitative estimate of drug-likeness (QED) is 0.375.